The van der Waals surface area contributed by atoms with E-state index in [0.717, 1.165) is 12.5 Å². The van der Waals surface area contributed by atoms with Gasteiger partial charge in [-0.3, -0.25) is 11.7 Å². The average Bonchev–Trinajstić information content (AvgIpc) is 2.04. The highest BCUT2D eigenvalue weighted by atomic mass is 15.0. The predicted molar refractivity (Wildman–Crippen MR) is 51.0 cm³/mol. The Morgan fingerprint density at radius 2 is 1.64 bits per heavy atom. The zero-order chi connectivity index (χ0) is 9.28. The molecule has 0 aliphatic rings. The Bertz CT molecular complexity index is 64.4. The van der Waals surface area contributed by atoms with E-state index < -0.39 is 0 Å². The van der Waals surface area contributed by atoms with Gasteiger partial charge < -0.3 is 5.32 Å². The van der Waals surface area contributed by atoms with E-state index in [1.54, 1.807) is 0 Å². The van der Waals surface area contributed by atoms with Crippen molar-refractivity contribution in [1.82, 2.24) is 5.32 Å². The van der Waals surface area contributed by atoms with E-state index in [1.807, 2.05) is 0 Å². The summed E-state index contributed by atoms with van der Waals surface area (Å²) < 4.78 is 0. The van der Waals surface area contributed by atoms with Gasteiger partial charge in [-0.1, -0.05) is 20.8 Å². The van der Waals surface area contributed by atoms with Crippen LogP contribution in [0.3, 0.4) is 0 Å². The number of nitrogens with two attached hydrogens (primary N) is 2. The van der Waals surface area contributed by atoms with E-state index >= 15 is 0 Å². The molecule has 0 amide bonds. The minimum Gasteiger partial charge on any atom is -0.314 e. The molecular weight excluding hydrogens is 138 g/mol. The van der Waals surface area contributed by atoms with Crippen LogP contribution in [-0.2, 0) is 0 Å². The molecule has 0 aromatic carbocycles. The van der Waals surface area contributed by atoms with Crippen molar-refractivity contribution in [3.63, 3.8) is 0 Å². The Labute approximate surface area is 70.5 Å². The van der Waals surface area contributed by atoms with Gasteiger partial charge in [0.05, 0.1) is 0 Å². The van der Waals surface area contributed by atoms with Crippen molar-refractivity contribution in [3.05, 3.63) is 0 Å². The van der Waals surface area contributed by atoms with Crippen molar-refractivity contribution in [1.29, 1.82) is 0 Å². The molecule has 1 unspecified atom stereocenters. The van der Waals surface area contributed by atoms with Crippen LogP contribution in [-0.4, -0.2) is 12.6 Å². The largest absolute Gasteiger partial charge is 0.314 e. The zero-order valence-electron chi connectivity index (χ0n) is 8.22. The molecule has 0 spiro atoms. The Morgan fingerprint density at radius 1 is 1.18 bits per heavy atom. The summed E-state index contributed by atoms with van der Waals surface area (Å²) in [6.07, 6.45) is 1.23. The highest BCUT2D eigenvalue weighted by Gasteiger charge is 1.97. The topological polar surface area (TPSA) is 64.1 Å². The molecule has 0 saturated carbocycles. The van der Waals surface area contributed by atoms with Crippen LogP contribution in [0.4, 0.5) is 0 Å². The van der Waals surface area contributed by atoms with Gasteiger partial charge in [-0.15, -0.1) is 0 Å². The van der Waals surface area contributed by atoms with Crippen LogP contribution >= 0.6 is 0 Å². The Balaban J connectivity index is 0. The highest BCUT2D eigenvalue weighted by Crippen LogP contribution is 1.91. The summed E-state index contributed by atoms with van der Waals surface area (Å²) in [5.74, 6) is 8.78. The van der Waals surface area contributed by atoms with Crippen LogP contribution in [0.1, 0.15) is 34.1 Å². The molecule has 0 saturated heterocycles. The monoisotopic (exact) mass is 161 g/mol. The molecular formula is C8H23N3. The molecule has 3 nitrogen and oxygen atoms in total. The normalized spacial score (nSPS) is 12.3. The number of rotatable bonds is 4. The summed E-state index contributed by atoms with van der Waals surface area (Å²) in [4.78, 5) is 0. The first-order valence-corrected chi connectivity index (χ1v) is 4.23. The first-order chi connectivity index (χ1) is 5.16. The lowest BCUT2D eigenvalue weighted by molar-refractivity contribution is 0.475. The number of hydrogen-bond acceptors (Lipinski definition) is 3. The predicted octanol–water partition coefficient (Wildman–Crippen LogP) is 0.849. The maximum absolute atomic E-state index is 4.00. The van der Waals surface area contributed by atoms with Crippen molar-refractivity contribution in [2.75, 3.05) is 6.54 Å². The van der Waals surface area contributed by atoms with Gasteiger partial charge in [-0.05, 0) is 25.8 Å². The second kappa shape index (κ2) is 9.88. The third-order valence-corrected chi connectivity index (χ3v) is 1.49. The molecule has 3 heteroatoms. The molecule has 0 aromatic rings. The SMILES string of the molecule is CCC(C)NCC(C)C.NN. The first kappa shape index (κ1) is 13.5. The first-order valence-electron chi connectivity index (χ1n) is 4.23. The summed E-state index contributed by atoms with van der Waals surface area (Å²) in [5.41, 5.74) is 0. The van der Waals surface area contributed by atoms with E-state index in [1.165, 1.54) is 6.42 Å². The van der Waals surface area contributed by atoms with Gasteiger partial charge in [0.15, 0.2) is 0 Å². The molecule has 0 rings (SSSR count). The third kappa shape index (κ3) is 13.0. The van der Waals surface area contributed by atoms with Crippen LogP contribution in [0, 0.1) is 5.92 Å². The second-order valence-corrected chi connectivity index (χ2v) is 3.11. The van der Waals surface area contributed by atoms with Gasteiger partial charge in [0, 0.05) is 6.04 Å². The molecule has 11 heavy (non-hydrogen) atoms. The fourth-order valence-electron chi connectivity index (χ4n) is 0.581. The molecule has 0 aliphatic heterocycles. The minimum atomic E-state index is 0.687. The highest BCUT2D eigenvalue weighted by molar-refractivity contribution is 4.58. The molecule has 0 radical (unpaired) electrons. The molecule has 0 aliphatic carbocycles. The smallest absolute Gasteiger partial charge is 0.00362 e. The fourth-order valence-corrected chi connectivity index (χ4v) is 0.581. The standard InChI is InChI=1S/C8H19N.H4N2/c1-5-8(4)9-6-7(2)3;1-2/h7-9H,5-6H2,1-4H3;1-2H2. The number of hydrogen-bond donors (Lipinski definition) is 3. The van der Waals surface area contributed by atoms with Crippen molar-refractivity contribution >= 4 is 0 Å². The average molecular weight is 161 g/mol. The van der Waals surface area contributed by atoms with Gasteiger partial charge >= 0.3 is 0 Å². The van der Waals surface area contributed by atoms with Crippen molar-refractivity contribution < 1.29 is 0 Å². The van der Waals surface area contributed by atoms with Crippen LogP contribution in [0.2, 0.25) is 0 Å². The molecule has 0 heterocycles. The minimum absolute atomic E-state index is 0.687. The van der Waals surface area contributed by atoms with Gasteiger partial charge in [0.25, 0.3) is 0 Å². The maximum atomic E-state index is 4.00. The lowest BCUT2D eigenvalue weighted by Gasteiger charge is -2.12. The summed E-state index contributed by atoms with van der Waals surface area (Å²) in [6, 6.07) is 0.687. The molecule has 0 aromatic heterocycles. The van der Waals surface area contributed by atoms with Gasteiger partial charge in [0.1, 0.15) is 0 Å². The number of hydrazine groups is 1. The van der Waals surface area contributed by atoms with Gasteiger partial charge in [-0.25, -0.2) is 0 Å². The molecule has 0 fully saturated rings. The van der Waals surface area contributed by atoms with Crippen LogP contribution < -0.4 is 17.0 Å². The van der Waals surface area contributed by atoms with Crippen LogP contribution in [0.25, 0.3) is 0 Å². The fraction of sp³-hybridized carbons (Fsp3) is 1.00. The van der Waals surface area contributed by atoms with Gasteiger partial charge in [-0.2, -0.15) is 0 Å². The van der Waals surface area contributed by atoms with Crippen molar-refractivity contribution in [2.24, 2.45) is 17.6 Å². The lowest BCUT2D eigenvalue weighted by atomic mass is 10.2. The van der Waals surface area contributed by atoms with E-state index in [9.17, 15) is 0 Å². The maximum Gasteiger partial charge on any atom is 0.00362 e. The van der Waals surface area contributed by atoms with Crippen molar-refractivity contribution in [3.8, 4) is 0 Å². The zero-order valence-corrected chi connectivity index (χ0v) is 8.22. The summed E-state index contributed by atoms with van der Waals surface area (Å²) in [7, 11) is 0. The Kier molecular flexibility index (Phi) is 12.1. The van der Waals surface area contributed by atoms with Gasteiger partial charge in [0.2, 0.25) is 0 Å². The quantitative estimate of drug-likeness (QED) is 0.423. The molecule has 5 N–H and O–H groups in total. The van der Waals surface area contributed by atoms with Crippen molar-refractivity contribution in [2.45, 2.75) is 40.2 Å². The Morgan fingerprint density at radius 3 is 1.91 bits per heavy atom. The second-order valence-electron chi connectivity index (χ2n) is 3.11. The number of nitrogens with one attached hydrogen (secondary N) is 1. The summed E-state index contributed by atoms with van der Waals surface area (Å²) in [5, 5.41) is 3.43. The molecule has 1 atom stereocenters. The molecule has 70 valence electrons. The Hall–Kier alpha value is -0.120. The summed E-state index contributed by atoms with van der Waals surface area (Å²) >= 11 is 0. The van der Waals surface area contributed by atoms with E-state index in [2.05, 4.69) is 44.7 Å². The van der Waals surface area contributed by atoms with Crippen LogP contribution in [0.15, 0.2) is 0 Å². The van der Waals surface area contributed by atoms with E-state index in [0.29, 0.717) is 6.04 Å². The lowest BCUT2D eigenvalue weighted by Crippen LogP contribution is -2.28. The van der Waals surface area contributed by atoms with E-state index in [-0.39, 0.29) is 0 Å². The molecule has 0 bridgehead atoms. The third-order valence-electron chi connectivity index (χ3n) is 1.49. The summed E-state index contributed by atoms with van der Waals surface area (Å²) in [6.45, 7) is 10.0. The van der Waals surface area contributed by atoms with E-state index in [4.69, 9.17) is 0 Å². The van der Waals surface area contributed by atoms with Crippen LogP contribution in [0.5, 0.6) is 0 Å².